The number of imide groups is 1. The summed E-state index contributed by atoms with van der Waals surface area (Å²) in [5.41, 5.74) is 0. The van der Waals surface area contributed by atoms with Crippen LogP contribution in [0.1, 0.15) is 27.2 Å². The molecule has 0 rings (SSSR count). The van der Waals surface area contributed by atoms with E-state index in [2.05, 4.69) is 4.74 Å². The van der Waals surface area contributed by atoms with Gasteiger partial charge in [0.25, 0.3) is 0 Å². The molecular formula is C10H14NNaO7. The van der Waals surface area contributed by atoms with Gasteiger partial charge in [0, 0.05) is 20.8 Å². The fraction of sp³-hybridized carbons (Fsp3) is 0.500. The SMILES string of the molecule is CC(=O)OC(=O)[C@H](CC(=O)O)N(C(C)=O)C(C)=O.[NaH]. The van der Waals surface area contributed by atoms with Gasteiger partial charge in [-0.2, -0.15) is 0 Å². The second-order valence-electron chi connectivity index (χ2n) is 3.43. The van der Waals surface area contributed by atoms with Crippen LogP contribution in [0.4, 0.5) is 0 Å². The molecule has 2 amide bonds. The number of esters is 2. The van der Waals surface area contributed by atoms with E-state index in [9.17, 15) is 24.0 Å². The summed E-state index contributed by atoms with van der Waals surface area (Å²) in [4.78, 5) is 55.6. The third-order valence-electron chi connectivity index (χ3n) is 1.87. The minimum atomic E-state index is -1.65. The van der Waals surface area contributed by atoms with Crippen LogP contribution in [-0.4, -0.2) is 75.3 Å². The molecule has 0 aromatic rings. The zero-order valence-corrected chi connectivity index (χ0v) is 10.1. The van der Waals surface area contributed by atoms with Crippen molar-refractivity contribution in [3.8, 4) is 0 Å². The Hall–Kier alpha value is -1.25. The van der Waals surface area contributed by atoms with Crippen molar-refractivity contribution in [2.75, 3.05) is 0 Å². The summed E-state index contributed by atoms with van der Waals surface area (Å²) in [5.74, 6) is -5.24. The first kappa shape index (κ1) is 20.1. The van der Waals surface area contributed by atoms with E-state index in [0.717, 1.165) is 20.8 Å². The van der Waals surface area contributed by atoms with E-state index >= 15 is 0 Å². The summed E-state index contributed by atoms with van der Waals surface area (Å²) in [5, 5.41) is 8.64. The molecule has 0 fully saturated rings. The number of carbonyl (C=O) groups excluding carboxylic acids is 4. The van der Waals surface area contributed by atoms with E-state index < -0.39 is 42.2 Å². The van der Waals surface area contributed by atoms with Gasteiger partial charge in [0.1, 0.15) is 6.04 Å². The summed E-state index contributed by atoms with van der Waals surface area (Å²) in [6.07, 6.45) is -0.828. The fourth-order valence-electron chi connectivity index (χ4n) is 1.32. The molecule has 0 aliphatic carbocycles. The van der Waals surface area contributed by atoms with Crippen molar-refractivity contribution in [2.24, 2.45) is 0 Å². The quantitative estimate of drug-likeness (QED) is 0.385. The molecule has 0 saturated heterocycles. The molecule has 0 aromatic heterocycles. The van der Waals surface area contributed by atoms with Crippen LogP contribution in [0.2, 0.25) is 0 Å². The van der Waals surface area contributed by atoms with Gasteiger partial charge in [0.05, 0.1) is 6.42 Å². The average Bonchev–Trinajstić information content (AvgIpc) is 2.13. The molecule has 1 atom stereocenters. The maximum atomic E-state index is 11.5. The topological polar surface area (TPSA) is 118 Å². The van der Waals surface area contributed by atoms with Gasteiger partial charge in [0.15, 0.2) is 0 Å². The molecule has 19 heavy (non-hydrogen) atoms. The number of carboxylic acids is 1. The van der Waals surface area contributed by atoms with Crippen LogP contribution in [0, 0.1) is 0 Å². The molecule has 0 bridgehead atoms. The summed E-state index contributed by atoms with van der Waals surface area (Å²) in [6, 6.07) is -1.65. The monoisotopic (exact) mass is 283 g/mol. The van der Waals surface area contributed by atoms with Crippen molar-refractivity contribution in [3.05, 3.63) is 0 Å². The predicted octanol–water partition coefficient (Wildman–Crippen LogP) is -1.33. The molecular weight excluding hydrogens is 269 g/mol. The van der Waals surface area contributed by atoms with Crippen LogP contribution in [-0.2, 0) is 28.7 Å². The summed E-state index contributed by atoms with van der Waals surface area (Å²) in [6.45, 7) is 2.94. The van der Waals surface area contributed by atoms with E-state index in [0.29, 0.717) is 4.90 Å². The number of amides is 2. The van der Waals surface area contributed by atoms with E-state index in [1.807, 2.05) is 0 Å². The standard InChI is InChI=1S/C10H13NO7.Na.H/c1-5(12)11(6(2)13)8(4-9(15)16)10(17)18-7(3)14;;/h8H,4H2,1-3H3,(H,15,16);;/t8-;;/m0../s1. The second-order valence-corrected chi connectivity index (χ2v) is 3.43. The molecule has 0 saturated carbocycles. The van der Waals surface area contributed by atoms with Gasteiger partial charge in [-0.15, -0.1) is 0 Å². The number of hydrogen-bond donors (Lipinski definition) is 1. The van der Waals surface area contributed by atoms with Crippen molar-refractivity contribution in [2.45, 2.75) is 33.2 Å². The number of ether oxygens (including phenoxy) is 1. The number of hydrogen-bond acceptors (Lipinski definition) is 6. The normalized spacial score (nSPS) is 10.7. The average molecular weight is 283 g/mol. The maximum absolute atomic E-state index is 11.5. The molecule has 0 aromatic carbocycles. The Balaban J connectivity index is 0. The van der Waals surface area contributed by atoms with Crippen molar-refractivity contribution in [3.63, 3.8) is 0 Å². The van der Waals surface area contributed by atoms with Crippen LogP contribution in [0.5, 0.6) is 0 Å². The molecule has 0 aliphatic heterocycles. The Kier molecular flexibility index (Phi) is 9.28. The van der Waals surface area contributed by atoms with Crippen LogP contribution in [0.3, 0.4) is 0 Å². The van der Waals surface area contributed by atoms with E-state index in [1.54, 1.807) is 0 Å². The fourth-order valence-corrected chi connectivity index (χ4v) is 1.32. The third kappa shape index (κ3) is 7.04. The van der Waals surface area contributed by atoms with Gasteiger partial charge in [0.2, 0.25) is 11.8 Å². The summed E-state index contributed by atoms with van der Waals surface area (Å²) in [7, 11) is 0. The van der Waals surface area contributed by atoms with Gasteiger partial charge < -0.3 is 9.84 Å². The van der Waals surface area contributed by atoms with Crippen LogP contribution < -0.4 is 0 Å². The number of rotatable bonds is 4. The zero-order chi connectivity index (χ0) is 14.5. The molecule has 0 spiro atoms. The van der Waals surface area contributed by atoms with E-state index in [-0.39, 0.29) is 29.6 Å². The summed E-state index contributed by atoms with van der Waals surface area (Å²) >= 11 is 0. The van der Waals surface area contributed by atoms with Gasteiger partial charge in [-0.1, -0.05) is 0 Å². The predicted molar refractivity (Wildman–Crippen MR) is 63.2 cm³/mol. The Bertz CT molecular complexity index is 393. The Morgan fingerprint density at radius 2 is 1.47 bits per heavy atom. The van der Waals surface area contributed by atoms with Gasteiger partial charge >= 0.3 is 47.5 Å². The molecule has 8 nitrogen and oxygen atoms in total. The summed E-state index contributed by atoms with van der Waals surface area (Å²) < 4.78 is 4.21. The number of carbonyl (C=O) groups is 5. The van der Waals surface area contributed by atoms with Crippen molar-refractivity contribution in [1.29, 1.82) is 0 Å². The first-order chi connectivity index (χ1) is 8.16. The molecule has 9 heteroatoms. The van der Waals surface area contributed by atoms with Gasteiger partial charge in [-0.3, -0.25) is 24.1 Å². The number of nitrogens with zero attached hydrogens (tertiary/aromatic N) is 1. The molecule has 102 valence electrons. The van der Waals surface area contributed by atoms with Crippen LogP contribution in [0.15, 0.2) is 0 Å². The first-order valence-corrected chi connectivity index (χ1v) is 4.91. The van der Waals surface area contributed by atoms with Gasteiger partial charge in [-0.25, -0.2) is 4.79 Å². The van der Waals surface area contributed by atoms with Crippen LogP contribution in [0.25, 0.3) is 0 Å². The number of aliphatic carboxylic acids is 1. The molecule has 0 aliphatic rings. The minimum absolute atomic E-state index is 0. The Morgan fingerprint density at radius 1 is 1.05 bits per heavy atom. The molecule has 0 unspecified atom stereocenters. The number of carboxylic acid groups (broad SMARTS) is 1. The van der Waals surface area contributed by atoms with Crippen molar-refractivity contribution in [1.82, 2.24) is 4.90 Å². The van der Waals surface area contributed by atoms with Gasteiger partial charge in [-0.05, 0) is 0 Å². The third-order valence-corrected chi connectivity index (χ3v) is 1.87. The Morgan fingerprint density at radius 3 is 1.74 bits per heavy atom. The second kappa shape index (κ2) is 8.78. The first-order valence-electron chi connectivity index (χ1n) is 4.91. The van der Waals surface area contributed by atoms with E-state index in [4.69, 9.17) is 5.11 Å². The molecule has 1 N–H and O–H groups in total. The van der Waals surface area contributed by atoms with Crippen molar-refractivity contribution < 1.29 is 33.8 Å². The van der Waals surface area contributed by atoms with Crippen molar-refractivity contribution >= 4 is 59.3 Å². The zero-order valence-electron chi connectivity index (χ0n) is 10.1. The molecule has 0 heterocycles. The molecule has 0 radical (unpaired) electrons. The van der Waals surface area contributed by atoms with E-state index in [1.165, 1.54) is 0 Å². The Labute approximate surface area is 131 Å². The van der Waals surface area contributed by atoms with Crippen LogP contribution >= 0.6 is 0 Å².